The van der Waals surface area contributed by atoms with E-state index in [0.717, 1.165) is 0 Å². The molecule has 7 nitrogen and oxygen atoms in total. The van der Waals surface area contributed by atoms with E-state index >= 15 is 0 Å². The first-order chi connectivity index (χ1) is 12.9. The number of benzene rings is 2. The van der Waals surface area contributed by atoms with Crippen molar-refractivity contribution in [1.29, 1.82) is 5.26 Å². The lowest BCUT2D eigenvalue weighted by Crippen LogP contribution is -2.29. The van der Waals surface area contributed by atoms with E-state index in [4.69, 9.17) is 5.26 Å². The second-order valence-corrected chi connectivity index (χ2v) is 7.25. The second-order valence-electron chi connectivity index (χ2n) is 5.49. The van der Waals surface area contributed by atoms with Crippen molar-refractivity contribution in [2.75, 3.05) is 25.0 Å². The van der Waals surface area contributed by atoms with Gasteiger partial charge in [0, 0.05) is 25.2 Å². The number of hydrogen-bond acceptors (Lipinski definition) is 5. The average molecular weight is 390 g/mol. The summed E-state index contributed by atoms with van der Waals surface area (Å²) in [5, 5.41) is 14.5. The molecule has 142 valence electrons. The van der Waals surface area contributed by atoms with Crippen molar-refractivity contribution < 1.29 is 17.6 Å². The van der Waals surface area contributed by atoms with E-state index in [-0.39, 0.29) is 35.7 Å². The lowest BCUT2D eigenvalue weighted by molar-refractivity contribution is 0.0955. The Hall–Kier alpha value is -2.96. The quantitative estimate of drug-likeness (QED) is 0.596. The summed E-state index contributed by atoms with van der Waals surface area (Å²) in [7, 11) is -3.65. The van der Waals surface area contributed by atoms with Gasteiger partial charge in [0.2, 0.25) is 10.0 Å². The van der Waals surface area contributed by atoms with Crippen LogP contribution in [0.15, 0.2) is 47.4 Å². The third-order valence-electron chi connectivity index (χ3n) is 3.59. The predicted octanol–water partition coefficient (Wildman–Crippen LogP) is 1.84. The Morgan fingerprint density at radius 2 is 1.93 bits per heavy atom. The number of nitrogens with one attached hydrogen (secondary N) is 3. The fourth-order valence-electron chi connectivity index (χ4n) is 2.34. The number of nitriles is 1. The van der Waals surface area contributed by atoms with E-state index in [1.165, 1.54) is 36.4 Å². The first kappa shape index (κ1) is 20.4. The molecule has 2 aromatic carbocycles. The molecule has 0 saturated carbocycles. The molecule has 0 bridgehead atoms. The molecule has 1 amide bonds. The van der Waals surface area contributed by atoms with Crippen LogP contribution in [0.1, 0.15) is 22.8 Å². The Labute approximate surface area is 157 Å². The standard InChI is InChI=1S/C18H19FN4O3S/c1-2-23-27(25,26)14-6-3-5-13(11-14)18(24)22-10-9-21-17-8-4-7-16(19)15(17)12-20/h3-8,11,21,23H,2,9-10H2,1H3,(H,22,24). The number of carbonyl (C=O) groups excluding carboxylic acids is 1. The summed E-state index contributed by atoms with van der Waals surface area (Å²) < 4.78 is 39.9. The maximum absolute atomic E-state index is 13.5. The first-order valence-electron chi connectivity index (χ1n) is 8.19. The molecule has 0 aliphatic heterocycles. The number of sulfonamides is 1. The number of anilines is 1. The van der Waals surface area contributed by atoms with Crippen molar-refractivity contribution in [2.24, 2.45) is 0 Å². The van der Waals surface area contributed by atoms with E-state index in [1.807, 2.05) is 0 Å². The summed E-state index contributed by atoms with van der Waals surface area (Å²) in [6.07, 6.45) is 0. The highest BCUT2D eigenvalue weighted by Crippen LogP contribution is 2.17. The van der Waals surface area contributed by atoms with Crippen LogP contribution in [0, 0.1) is 17.1 Å². The van der Waals surface area contributed by atoms with Gasteiger partial charge in [0.05, 0.1) is 10.6 Å². The van der Waals surface area contributed by atoms with Crippen LogP contribution in [0.5, 0.6) is 0 Å². The molecule has 0 unspecified atom stereocenters. The normalized spacial score (nSPS) is 10.9. The number of nitrogens with zero attached hydrogens (tertiary/aromatic N) is 1. The summed E-state index contributed by atoms with van der Waals surface area (Å²) in [5.41, 5.74) is 0.452. The van der Waals surface area contributed by atoms with E-state index in [1.54, 1.807) is 19.1 Å². The van der Waals surface area contributed by atoms with Crippen molar-refractivity contribution >= 4 is 21.6 Å². The molecular weight excluding hydrogens is 371 g/mol. The van der Waals surface area contributed by atoms with E-state index in [0.29, 0.717) is 5.69 Å². The van der Waals surface area contributed by atoms with Gasteiger partial charge in [-0.1, -0.05) is 19.1 Å². The van der Waals surface area contributed by atoms with Gasteiger partial charge in [-0.3, -0.25) is 4.79 Å². The highest BCUT2D eigenvalue weighted by Gasteiger charge is 2.15. The fourth-order valence-corrected chi connectivity index (χ4v) is 3.42. The van der Waals surface area contributed by atoms with Crippen LogP contribution >= 0.6 is 0 Å². The fraction of sp³-hybridized carbons (Fsp3) is 0.222. The van der Waals surface area contributed by atoms with Gasteiger partial charge < -0.3 is 10.6 Å². The van der Waals surface area contributed by atoms with Crippen molar-refractivity contribution in [1.82, 2.24) is 10.0 Å². The Morgan fingerprint density at radius 1 is 1.19 bits per heavy atom. The largest absolute Gasteiger partial charge is 0.382 e. The molecule has 27 heavy (non-hydrogen) atoms. The Kier molecular flexibility index (Phi) is 6.87. The second kappa shape index (κ2) is 9.12. The van der Waals surface area contributed by atoms with E-state index in [2.05, 4.69) is 15.4 Å². The molecule has 0 radical (unpaired) electrons. The first-order valence-corrected chi connectivity index (χ1v) is 9.67. The zero-order chi connectivity index (χ0) is 19.9. The lowest BCUT2D eigenvalue weighted by Gasteiger charge is -2.10. The molecule has 0 spiro atoms. The molecule has 0 aliphatic carbocycles. The minimum atomic E-state index is -3.65. The molecule has 0 saturated heterocycles. The molecule has 0 fully saturated rings. The van der Waals surface area contributed by atoms with Crippen molar-refractivity contribution in [3.05, 3.63) is 59.4 Å². The van der Waals surface area contributed by atoms with Gasteiger partial charge in [-0.05, 0) is 30.3 Å². The van der Waals surface area contributed by atoms with E-state index in [9.17, 15) is 17.6 Å². The average Bonchev–Trinajstić information content (AvgIpc) is 2.65. The van der Waals surface area contributed by atoms with Crippen molar-refractivity contribution in [3.63, 3.8) is 0 Å². The maximum atomic E-state index is 13.5. The summed E-state index contributed by atoms with van der Waals surface area (Å²) >= 11 is 0. The van der Waals surface area contributed by atoms with Gasteiger partial charge in [-0.2, -0.15) is 5.26 Å². The Balaban J connectivity index is 1.96. The number of rotatable bonds is 8. The van der Waals surface area contributed by atoms with Crippen LogP contribution in [-0.2, 0) is 10.0 Å². The van der Waals surface area contributed by atoms with Crippen molar-refractivity contribution in [3.8, 4) is 6.07 Å². The zero-order valence-electron chi connectivity index (χ0n) is 14.6. The topological polar surface area (TPSA) is 111 Å². The zero-order valence-corrected chi connectivity index (χ0v) is 15.4. The van der Waals surface area contributed by atoms with Gasteiger partial charge in [0.15, 0.2) is 0 Å². The molecule has 2 rings (SSSR count). The highest BCUT2D eigenvalue weighted by molar-refractivity contribution is 7.89. The highest BCUT2D eigenvalue weighted by atomic mass is 32.2. The third kappa shape index (κ3) is 5.26. The lowest BCUT2D eigenvalue weighted by atomic mass is 10.2. The molecule has 0 aromatic heterocycles. The summed E-state index contributed by atoms with van der Waals surface area (Å²) in [6.45, 7) is 2.37. The van der Waals surface area contributed by atoms with Gasteiger partial charge in [0.25, 0.3) is 5.91 Å². The minimum absolute atomic E-state index is 0.00791. The van der Waals surface area contributed by atoms with Gasteiger partial charge in [-0.25, -0.2) is 17.5 Å². The number of amides is 1. The van der Waals surface area contributed by atoms with E-state index < -0.39 is 21.7 Å². The van der Waals surface area contributed by atoms with Crippen LogP contribution in [0.3, 0.4) is 0 Å². The summed E-state index contributed by atoms with van der Waals surface area (Å²) in [5.74, 6) is -1.06. The molecule has 0 aliphatic rings. The smallest absolute Gasteiger partial charge is 0.251 e. The molecule has 3 N–H and O–H groups in total. The minimum Gasteiger partial charge on any atom is -0.382 e. The van der Waals surface area contributed by atoms with Crippen LogP contribution in [0.2, 0.25) is 0 Å². The molecule has 0 atom stereocenters. The van der Waals surface area contributed by atoms with Gasteiger partial charge >= 0.3 is 0 Å². The van der Waals surface area contributed by atoms with Crippen molar-refractivity contribution in [2.45, 2.75) is 11.8 Å². The Bertz CT molecular complexity index is 971. The summed E-state index contributed by atoms with van der Waals surface area (Å²) in [6, 6.07) is 11.7. The van der Waals surface area contributed by atoms with Gasteiger partial charge in [0.1, 0.15) is 17.4 Å². The SMILES string of the molecule is CCNS(=O)(=O)c1cccc(C(=O)NCCNc2cccc(F)c2C#N)c1. The van der Waals surface area contributed by atoms with Gasteiger partial charge in [-0.15, -0.1) is 0 Å². The maximum Gasteiger partial charge on any atom is 0.251 e. The Morgan fingerprint density at radius 3 is 2.63 bits per heavy atom. The molecule has 9 heteroatoms. The molecule has 0 heterocycles. The number of hydrogen-bond donors (Lipinski definition) is 3. The van der Waals surface area contributed by atoms with Crippen LogP contribution in [-0.4, -0.2) is 34.0 Å². The number of carbonyl (C=O) groups is 1. The molecule has 2 aromatic rings. The third-order valence-corrected chi connectivity index (χ3v) is 5.14. The predicted molar refractivity (Wildman–Crippen MR) is 99.2 cm³/mol. The van der Waals surface area contributed by atoms with Crippen LogP contribution in [0.4, 0.5) is 10.1 Å². The number of halogens is 1. The monoisotopic (exact) mass is 390 g/mol. The van der Waals surface area contributed by atoms with Crippen LogP contribution < -0.4 is 15.4 Å². The van der Waals surface area contributed by atoms with Crippen LogP contribution in [0.25, 0.3) is 0 Å². The summed E-state index contributed by atoms with van der Waals surface area (Å²) in [4.78, 5) is 12.2. The molecular formula is C18H19FN4O3S.